The third-order valence-corrected chi connectivity index (χ3v) is 5.07. The Hall–Kier alpha value is -3.45. The molecule has 4 aromatic rings. The number of benzene rings is 2. The van der Waals surface area contributed by atoms with Gasteiger partial charge in [0.1, 0.15) is 11.6 Å². The maximum absolute atomic E-state index is 12.4. The molecular formula is C21H18N4O2S. The summed E-state index contributed by atoms with van der Waals surface area (Å²) in [6, 6.07) is 17.2. The monoisotopic (exact) mass is 390 g/mol. The lowest BCUT2D eigenvalue weighted by molar-refractivity contribution is -0.111. The number of carbonyl (C=O) groups excluding carboxylic acids is 1. The van der Waals surface area contributed by atoms with Crippen molar-refractivity contribution >= 4 is 39.4 Å². The maximum atomic E-state index is 12.4. The Balaban J connectivity index is 1.60. The van der Waals surface area contributed by atoms with Crippen molar-refractivity contribution in [2.75, 3.05) is 12.4 Å². The standard InChI is InChI=1S/C21H18N4O2S/c1-14-12-19(23-20(26)11-8-15-6-4-3-5-7-15)25(24-14)21-22-17-10-9-16(27-2)13-18(17)28-21/h3-13H,1-2H3,(H,23,26)/b11-8+. The minimum absolute atomic E-state index is 0.229. The van der Waals surface area contributed by atoms with E-state index < -0.39 is 0 Å². The Morgan fingerprint density at radius 1 is 1.18 bits per heavy atom. The van der Waals surface area contributed by atoms with Crippen LogP contribution < -0.4 is 10.1 Å². The summed E-state index contributed by atoms with van der Waals surface area (Å²) in [4.78, 5) is 17.0. The predicted molar refractivity (Wildman–Crippen MR) is 112 cm³/mol. The van der Waals surface area contributed by atoms with E-state index in [1.807, 2.05) is 61.5 Å². The first-order valence-electron chi connectivity index (χ1n) is 8.68. The number of ether oxygens (including phenoxy) is 1. The van der Waals surface area contributed by atoms with Crippen LogP contribution in [-0.2, 0) is 4.79 Å². The number of hydrogen-bond donors (Lipinski definition) is 1. The smallest absolute Gasteiger partial charge is 0.249 e. The van der Waals surface area contributed by atoms with Crippen LogP contribution in [-0.4, -0.2) is 27.8 Å². The molecule has 1 amide bonds. The highest BCUT2D eigenvalue weighted by atomic mass is 32.1. The molecule has 4 rings (SSSR count). The van der Waals surface area contributed by atoms with E-state index in [1.54, 1.807) is 17.9 Å². The number of carbonyl (C=O) groups is 1. The van der Waals surface area contributed by atoms with Crippen LogP contribution >= 0.6 is 11.3 Å². The summed E-state index contributed by atoms with van der Waals surface area (Å²) < 4.78 is 7.92. The van der Waals surface area contributed by atoms with Crippen LogP contribution in [0.3, 0.4) is 0 Å². The zero-order chi connectivity index (χ0) is 19.5. The fourth-order valence-electron chi connectivity index (χ4n) is 2.75. The van der Waals surface area contributed by atoms with Crippen molar-refractivity contribution in [3.8, 4) is 10.9 Å². The van der Waals surface area contributed by atoms with Crippen LogP contribution in [0, 0.1) is 6.92 Å². The number of aryl methyl sites for hydroxylation is 1. The van der Waals surface area contributed by atoms with Gasteiger partial charge >= 0.3 is 0 Å². The minimum Gasteiger partial charge on any atom is -0.497 e. The number of thiazole rings is 1. The first-order valence-corrected chi connectivity index (χ1v) is 9.50. The summed E-state index contributed by atoms with van der Waals surface area (Å²) >= 11 is 1.48. The fraction of sp³-hybridized carbons (Fsp3) is 0.0952. The number of anilines is 1. The van der Waals surface area contributed by atoms with Gasteiger partial charge in [-0.1, -0.05) is 41.7 Å². The molecule has 6 nitrogen and oxygen atoms in total. The molecule has 1 N–H and O–H groups in total. The summed E-state index contributed by atoms with van der Waals surface area (Å²) in [5, 5.41) is 8.05. The Morgan fingerprint density at radius 2 is 2.00 bits per heavy atom. The molecule has 0 aliphatic heterocycles. The van der Waals surface area contributed by atoms with Crippen LogP contribution in [0.2, 0.25) is 0 Å². The molecule has 0 aliphatic rings. The third kappa shape index (κ3) is 3.79. The number of methoxy groups -OCH3 is 1. The molecule has 0 radical (unpaired) electrons. The number of amides is 1. The molecule has 0 bridgehead atoms. The van der Waals surface area contributed by atoms with Crippen LogP contribution in [0.4, 0.5) is 5.82 Å². The van der Waals surface area contributed by atoms with E-state index in [4.69, 9.17) is 4.74 Å². The van der Waals surface area contributed by atoms with E-state index in [9.17, 15) is 4.79 Å². The average molecular weight is 390 g/mol. The lowest BCUT2D eigenvalue weighted by atomic mass is 10.2. The lowest BCUT2D eigenvalue weighted by Gasteiger charge is -2.04. The van der Waals surface area contributed by atoms with Crippen molar-refractivity contribution in [3.63, 3.8) is 0 Å². The fourth-order valence-corrected chi connectivity index (χ4v) is 3.71. The molecule has 0 fully saturated rings. The van der Waals surface area contributed by atoms with Gasteiger partial charge in [-0.3, -0.25) is 4.79 Å². The highest BCUT2D eigenvalue weighted by Gasteiger charge is 2.14. The van der Waals surface area contributed by atoms with Gasteiger partial charge in [0.2, 0.25) is 11.0 Å². The molecule has 2 aromatic carbocycles. The average Bonchev–Trinajstić information content (AvgIpc) is 3.29. The number of rotatable bonds is 5. The zero-order valence-corrected chi connectivity index (χ0v) is 16.2. The van der Waals surface area contributed by atoms with Crippen LogP contribution in [0.5, 0.6) is 5.75 Å². The molecule has 140 valence electrons. The van der Waals surface area contributed by atoms with E-state index in [-0.39, 0.29) is 5.91 Å². The number of aromatic nitrogens is 3. The van der Waals surface area contributed by atoms with Gasteiger partial charge in [0.15, 0.2) is 0 Å². The summed E-state index contributed by atoms with van der Waals surface area (Å²) in [5.74, 6) is 1.12. The van der Waals surface area contributed by atoms with E-state index in [2.05, 4.69) is 15.4 Å². The third-order valence-electron chi connectivity index (χ3n) is 4.08. The second-order valence-corrected chi connectivity index (χ2v) is 7.16. The van der Waals surface area contributed by atoms with Gasteiger partial charge in [0, 0.05) is 12.1 Å². The molecule has 0 unspecified atom stereocenters. The van der Waals surface area contributed by atoms with E-state index in [1.165, 1.54) is 17.4 Å². The van der Waals surface area contributed by atoms with Crippen molar-refractivity contribution in [1.82, 2.24) is 14.8 Å². The molecule has 2 aromatic heterocycles. The van der Waals surface area contributed by atoms with E-state index >= 15 is 0 Å². The molecular weight excluding hydrogens is 372 g/mol. The first-order chi connectivity index (χ1) is 13.6. The van der Waals surface area contributed by atoms with Crippen LogP contribution in [0.15, 0.2) is 60.7 Å². The number of nitrogens with zero attached hydrogens (tertiary/aromatic N) is 3. The second-order valence-electron chi connectivity index (χ2n) is 6.15. The maximum Gasteiger partial charge on any atom is 0.249 e. The summed E-state index contributed by atoms with van der Waals surface area (Å²) in [6.45, 7) is 1.88. The highest BCUT2D eigenvalue weighted by Crippen LogP contribution is 2.30. The topological polar surface area (TPSA) is 69.0 Å². The van der Waals surface area contributed by atoms with E-state index in [0.29, 0.717) is 10.9 Å². The molecule has 0 spiro atoms. The van der Waals surface area contributed by atoms with E-state index in [0.717, 1.165) is 27.2 Å². The van der Waals surface area contributed by atoms with Crippen LogP contribution in [0.1, 0.15) is 11.3 Å². The second kappa shape index (κ2) is 7.66. The van der Waals surface area contributed by atoms with Gasteiger partial charge in [-0.05, 0) is 36.8 Å². The van der Waals surface area contributed by atoms with Crippen molar-refractivity contribution in [1.29, 1.82) is 0 Å². The molecule has 0 saturated carbocycles. The van der Waals surface area contributed by atoms with Gasteiger partial charge in [-0.15, -0.1) is 0 Å². The van der Waals surface area contributed by atoms with Crippen LogP contribution in [0.25, 0.3) is 21.4 Å². The summed E-state index contributed by atoms with van der Waals surface area (Å²) in [6.07, 6.45) is 3.28. The predicted octanol–water partition coefficient (Wildman–Crippen LogP) is 4.45. The van der Waals surface area contributed by atoms with Gasteiger partial charge < -0.3 is 10.1 Å². The molecule has 0 aliphatic carbocycles. The Morgan fingerprint density at radius 3 is 2.79 bits per heavy atom. The van der Waals surface area contributed by atoms with Gasteiger partial charge in [0.05, 0.1) is 23.0 Å². The Bertz CT molecular complexity index is 1160. The highest BCUT2D eigenvalue weighted by molar-refractivity contribution is 7.20. The lowest BCUT2D eigenvalue weighted by Crippen LogP contribution is -2.12. The van der Waals surface area contributed by atoms with Crippen molar-refractivity contribution in [3.05, 3.63) is 71.9 Å². The zero-order valence-electron chi connectivity index (χ0n) is 15.4. The molecule has 0 atom stereocenters. The largest absolute Gasteiger partial charge is 0.497 e. The van der Waals surface area contributed by atoms with Crippen molar-refractivity contribution < 1.29 is 9.53 Å². The normalized spacial score (nSPS) is 11.2. The summed E-state index contributed by atoms with van der Waals surface area (Å²) in [7, 11) is 1.64. The Labute approximate surface area is 166 Å². The number of fused-ring (bicyclic) bond motifs is 1. The molecule has 0 saturated heterocycles. The number of hydrogen-bond acceptors (Lipinski definition) is 5. The van der Waals surface area contributed by atoms with Gasteiger partial charge in [0.25, 0.3) is 0 Å². The number of nitrogens with one attached hydrogen (secondary N) is 1. The van der Waals surface area contributed by atoms with Gasteiger partial charge in [-0.2, -0.15) is 9.78 Å². The quantitative estimate of drug-likeness (QED) is 0.511. The SMILES string of the molecule is COc1ccc2nc(-n3nc(C)cc3NC(=O)/C=C/c3ccccc3)sc2c1. The molecule has 7 heteroatoms. The van der Waals surface area contributed by atoms with Crippen molar-refractivity contribution in [2.24, 2.45) is 0 Å². The minimum atomic E-state index is -0.229. The summed E-state index contributed by atoms with van der Waals surface area (Å²) in [5.41, 5.74) is 2.61. The van der Waals surface area contributed by atoms with Gasteiger partial charge in [-0.25, -0.2) is 4.98 Å². The Kier molecular flexibility index (Phi) is 4.90. The molecule has 28 heavy (non-hydrogen) atoms. The van der Waals surface area contributed by atoms with Crippen molar-refractivity contribution in [2.45, 2.75) is 6.92 Å². The first kappa shape index (κ1) is 17.9. The molecule has 2 heterocycles.